The first-order valence-corrected chi connectivity index (χ1v) is 13.0. The third-order valence-corrected chi connectivity index (χ3v) is 7.89. The van der Waals surface area contributed by atoms with Crippen molar-refractivity contribution in [3.8, 4) is 10.6 Å². The molecule has 2 fully saturated rings. The summed E-state index contributed by atoms with van der Waals surface area (Å²) in [7, 11) is 0. The molecule has 1 aliphatic carbocycles. The summed E-state index contributed by atoms with van der Waals surface area (Å²) in [6.45, 7) is 8.38. The zero-order valence-corrected chi connectivity index (χ0v) is 21.5. The number of likely N-dealkylation sites (tertiary alicyclic amines) is 1. The highest BCUT2D eigenvalue weighted by Gasteiger charge is 2.52. The maximum Gasteiger partial charge on any atom is 0.311 e. The first kappa shape index (κ1) is 25.3. The van der Waals surface area contributed by atoms with Crippen molar-refractivity contribution in [3.05, 3.63) is 41.4 Å². The number of carbonyl (C=O) groups is 3. The second-order valence-corrected chi connectivity index (χ2v) is 11.7. The van der Waals surface area contributed by atoms with E-state index in [4.69, 9.17) is 0 Å². The predicted octanol–water partition coefficient (Wildman–Crippen LogP) is 3.54. The molecule has 8 nitrogen and oxygen atoms in total. The quantitative estimate of drug-likeness (QED) is 0.562. The number of benzene rings is 1. The number of carboxylic acid groups (broad SMARTS) is 1. The van der Waals surface area contributed by atoms with Crippen molar-refractivity contribution >= 4 is 29.1 Å². The lowest BCUT2D eigenvalue weighted by Crippen LogP contribution is -2.59. The Morgan fingerprint density at radius 2 is 1.89 bits per heavy atom. The van der Waals surface area contributed by atoms with E-state index >= 15 is 0 Å². The van der Waals surface area contributed by atoms with E-state index in [0.717, 1.165) is 17.0 Å². The minimum atomic E-state index is -1.06. The monoisotopic (exact) mass is 498 g/mol. The van der Waals surface area contributed by atoms with Gasteiger partial charge in [0.05, 0.1) is 5.41 Å². The van der Waals surface area contributed by atoms with E-state index in [0.29, 0.717) is 25.8 Å². The van der Waals surface area contributed by atoms with Gasteiger partial charge in [-0.3, -0.25) is 14.4 Å². The van der Waals surface area contributed by atoms with Gasteiger partial charge in [0.1, 0.15) is 16.7 Å². The van der Waals surface area contributed by atoms with E-state index < -0.39 is 23.5 Å². The van der Waals surface area contributed by atoms with E-state index in [1.54, 1.807) is 17.2 Å². The fourth-order valence-corrected chi connectivity index (χ4v) is 6.17. The van der Waals surface area contributed by atoms with Crippen molar-refractivity contribution < 1.29 is 19.5 Å². The van der Waals surface area contributed by atoms with Gasteiger partial charge >= 0.3 is 5.97 Å². The van der Waals surface area contributed by atoms with Gasteiger partial charge in [0.25, 0.3) is 5.91 Å². The molecule has 2 heterocycles. The van der Waals surface area contributed by atoms with E-state index in [-0.39, 0.29) is 29.1 Å². The summed E-state index contributed by atoms with van der Waals surface area (Å²) in [5.74, 6) is -1.49. The van der Waals surface area contributed by atoms with Crippen LogP contribution in [0.15, 0.2) is 35.7 Å². The molecule has 0 bridgehead atoms. The minimum absolute atomic E-state index is 0.0732. The molecule has 1 aliphatic heterocycles. The Bertz CT molecular complexity index is 1100. The van der Waals surface area contributed by atoms with Crippen molar-refractivity contribution in [3.63, 3.8) is 0 Å². The summed E-state index contributed by atoms with van der Waals surface area (Å²) in [4.78, 5) is 44.7. The Kier molecular flexibility index (Phi) is 7.02. The number of hydrogen-bond acceptors (Lipinski definition) is 6. The molecule has 1 aromatic heterocycles. The highest BCUT2D eigenvalue weighted by atomic mass is 32.1. The van der Waals surface area contributed by atoms with E-state index in [1.165, 1.54) is 11.3 Å². The number of thiazole rings is 1. The van der Waals surface area contributed by atoms with Crippen LogP contribution in [0.25, 0.3) is 10.6 Å². The van der Waals surface area contributed by atoms with Gasteiger partial charge in [-0.05, 0) is 53.4 Å². The molecule has 3 N–H and O–H groups in total. The molecule has 4 atom stereocenters. The van der Waals surface area contributed by atoms with Gasteiger partial charge in [-0.2, -0.15) is 0 Å². The van der Waals surface area contributed by atoms with Gasteiger partial charge in [-0.15, -0.1) is 11.3 Å². The third-order valence-electron chi connectivity index (χ3n) is 7.00. The number of amides is 2. The average Bonchev–Trinajstić information content (AvgIpc) is 3.41. The van der Waals surface area contributed by atoms with Crippen molar-refractivity contribution in [1.29, 1.82) is 0 Å². The van der Waals surface area contributed by atoms with Crippen molar-refractivity contribution in [2.45, 2.75) is 77.0 Å². The number of carbonyl (C=O) groups excluding carboxylic acids is 2. The molecule has 1 aromatic carbocycles. The Labute approximate surface area is 210 Å². The molecule has 1 saturated carbocycles. The van der Waals surface area contributed by atoms with Gasteiger partial charge in [-0.25, -0.2) is 4.98 Å². The summed E-state index contributed by atoms with van der Waals surface area (Å²) in [5, 5.41) is 18.9. The van der Waals surface area contributed by atoms with Crippen LogP contribution in [0, 0.1) is 5.41 Å². The molecule has 4 rings (SSSR count). The number of carboxylic acids is 1. The zero-order valence-electron chi connectivity index (χ0n) is 20.7. The molecule has 2 aromatic rings. The van der Waals surface area contributed by atoms with Crippen LogP contribution in [0.2, 0.25) is 0 Å². The second-order valence-electron chi connectivity index (χ2n) is 10.9. The summed E-state index contributed by atoms with van der Waals surface area (Å²) in [6, 6.07) is 8.62. The number of hydrogen-bond donors (Lipinski definition) is 3. The van der Waals surface area contributed by atoms with Gasteiger partial charge in [0.15, 0.2) is 0 Å². The largest absolute Gasteiger partial charge is 0.481 e. The topological polar surface area (TPSA) is 112 Å². The molecule has 2 aliphatic rings. The molecule has 0 radical (unpaired) electrons. The number of nitrogens with one attached hydrogen (secondary N) is 2. The number of aliphatic carboxylic acids is 1. The average molecular weight is 499 g/mol. The lowest BCUT2D eigenvalue weighted by Gasteiger charge is -2.47. The number of rotatable bonds is 6. The van der Waals surface area contributed by atoms with Crippen molar-refractivity contribution in [2.24, 2.45) is 5.41 Å². The molecule has 35 heavy (non-hydrogen) atoms. The van der Waals surface area contributed by atoms with Crippen LogP contribution in [-0.4, -0.2) is 63.0 Å². The lowest BCUT2D eigenvalue weighted by molar-refractivity contribution is -0.158. The summed E-state index contributed by atoms with van der Waals surface area (Å²) < 4.78 is 0. The highest BCUT2D eigenvalue weighted by molar-refractivity contribution is 7.13. The third kappa shape index (κ3) is 5.41. The molecule has 1 unspecified atom stereocenters. The molecule has 2 amide bonds. The van der Waals surface area contributed by atoms with Crippen LogP contribution in [-0.2, 0) is 9.59 Å². The van der Waals surface area contributed by atoms with Crippen LogP contribution in [0.4, 0.5) is 0 Å². The maximum atomic E-state index is 13.3. The van der Waals surface area contributed by atoms with Crippen LogP contribution < -0.4 is 10.6 Å². The summed E-state index contributed by atoms with van der Waals surface area (Å²) in [6.07, 6.45) is 2.31. The highest BCUT2D eigenvalue weighted by Crippen LogP contribution is 2.41. The first-order valence-electron chi connectivity index (χ1n) is 12.1. The molecule has 1 saturated heterocycles. The summed E-state index contributed by atoms with van der Waals surface area (Å²) in [5.41, 5.74) is 0.0366. The van der Waals surface area contributed by atoms with Gasteiger partial charge in [-0.1, -0.05) is 30.3 Å². The molecule has 188 valence electrons. The Balaban J connectivity index is 1.43. The number of aromatic nitrogens is 1. The zero-order chi connectivity index (χ0) is 25.4. The van der Waals surface area contributed by atoms with E-state index in [9.17, 15) is 19.5 Å². The van der Waals surface area contributed by atoms with Crippen LogP contribution >= 0.6 is 11.3 Å². The maximum absolute atomic E-state index is 13.3. The molecular formula is C26H34N4O4S. The van der Waals surface area contributed by atoms with Crippen LogP contribution in [0.5, 0.6) is 0 Å². The fraction of sp³-hybridized carbons (Fsp3) is 0.538. The SMILES string of the molecule is CC(C)(C)N[C@@H]1CC[C@H](N2CCC(NC(=O)c3csc(-c4ccccc4)n3)C2=O)[C@](C)(C(=O)O)C1. The van der Waals surface area contributed by atoms with Gasteiger partial charge in [0, 0.05) is 35.1 Å². The summed E-state index contributed by atoms with van der Waals surface area (Å²) >= 11 is 1.38. The smallest absolute Gasteiger partial charge is 0.311 e. The standard InChI is InChI=1S/C26H34N4O4S/c1-25(2,3)29-17-10-11-20(26(4,14-17)24(33)34)30-13-12-18(23(30)32)27-21(31)19-15-35-22(28-19)16-8-6-5-7-9-16/h5-9,15,17-18,20,29H,10-14H2,1-4H3,(H,27,31)(H,33,34)/t17-,18?,20+,26-/m1/s1. The number of nitrogens with zero attached hydrogens (tertiary/aromatic N) is 2. The van der Waals surface area contributed by atoms with E-state index in [1.807, 2.05) is 30.3 Å². The fourth-order valence-electron chi connectivity index (χ4n) is 5.36. The predicted molar refractivity (Wildman–Crippen MR) is 135 cm³/mol. The minimum Gasteiger partial charge on any atom is -0.481 e. The lowest BCUT2D eigenvalue weighted by atomic mass is 9.68. The Morgan fingerprint density at radius 3 is 2.54 bits per heavy atom. The molecule has 0 spiro atoms. The molecule has 9 heteroatoms. The first-order chi connectivity index (χ1) is 16.5. The Morgan fingerprint density at radius 1 is 1.17 bits per heavy atom. The van der Waals surface area contributed by atoms with Crippen LogP contribution in [0.1, 0.15) is 63.9 Å². The van der Waals surface area contributed by atoms with Gasteiger partial charge < -0.3 is 20.6 Å². The second kappa shape index (κ2) is 9.70. The normalized spacial score (nSPS) is 27.1. The Hall–Kier alpha value is -2.78. The molecular weight excluding hydrogens is 464 g/mol. The van der Waals surface area contributed by atoms with Crippen molar-refractivity contribution in [1.82, 2.24) is 20.5 Å². The van der Waals surface area contributed by atoms with Crippen molar-refractivity contribution in [2.75, 3.05) is 6.54 Å². The van der Waals surface area contributed by atoms with E-state index in [2.05, 4.69) is 36.4 Å². The van der Waals surface area contributed by atoms with Crippen LogP contribution in [0.3, 0.4) is 0 Å². The van der Waals surface area contributed by atoms with Gasteiger partial charge in [0.2, 0.25) is 5.91 Å².